The van der Waals surface area contributed by atoms with E-state index in [4.69, 9.17) is 0 Å². The third-order valence-corrected chi connectivity index (χ3v) is 4.77. The van der Waals surface area contributed by atoms with Crippen molar-refractivity contribution >= 4 is 43.1 Å². The van der Waals surface area contributed by atoms with Gasteiger partial charge in [-0.25, -0.2) is 35.1 Å². The number of hydrogen-bond donors (Lipinski definition) is 0. The molecule has 0 fully saturated rings. The normalized spacial score (nSPS) is 12.6. The number of benzene rings is 3. The molecule has 0 radical (unpaired) electrons. The Morgan fingerprint density at radius 3 is 0.692 bits per heavy atom. The first-order valence-electron chi connectivity index (χ1n) is 7.17. The maximum absolute atomic E-state index is 13.9. The third kappa shape index (κ3) is 1.43. The molecule has 0 N–H and O–H groups in total. The van der Waals surface area contributed by atoms with Gasteiger partial charge < -0.3 is 0 Å². The van der Waals surface area contributed by atoms with Gasteiger partial charge in [-0.1, -0.05) is 0 Å². The van der Waals surface area contributed by atoms with Crippen molar-refractivity contribution in [3.63, 3.8) is 0 Å². The van der Waals surface area contributed by atoms with Crippen LogP contribution in [0.3, 0.4) is 0 Å². The predicted molar refractivity (Wildman–Crippen MR) is 78.5 cm³/mol. The summed E-state index contributed by atoms with van der Waals surface area (Å²) in [6, 6.07) is 2.16. The lowest BCUT2D eigenvalue weighted by molar-refractivity contribution is 0.418. The molecular formula is C18H2F8. The van der Waals surface area contributed by atoms with Crippen LogP contribution in [0.2, 0.25) is 0 Å². The summed E-state index contributed by atoms with van der Waals surface area (Å²) >= 11 is 0. The van der Waals surface area contributed by atoms with Crippen LogP contribution in [0.25, 0.3) is 43.1 Å². The van der Waals surface area contributed by atoms with E-state index in [1.165, 1.54) is 0 Å². The molecule has 0 unspecified atom stereocenters. The summed E-state index contributed by atoms with van der Waals surface area (Å²) in [4.78, 5) is 0. The molecule has 26 heavy (non-hydrogen) atoms. The minimum absolute atomic E-state index is 0.0655. The van der Waals surface area contributed by atoms with Crippen LogP contribution in [0.15, 0.2) is 12.1 Å². The quantitative estimate of drug-likeness (QED) is 0.171. The van der Waals surface area contributed by atoms with E-state index in [2.05, 4.69) is 0 Å². The highest BCUT2D eigenvalue weighted by Gasteiger charge is 2.31. The smallest absolute Gasteiger partial charge is 0.198 e. The number of fused-ring (bicyclic) bond motifs is 8. The topological polar surface area (TPSA) is 0 Å². The van der Waals surface area contributed by atoms with Gasteiger partial charge in [0.05, 0.1) is 0 Å². The van der Waals surface area contributed by atoms with Crippen LogP contribution in [0.4, 0.5) is 35.1 Å². The highest BCUT2D eigenvalue weighted by Crippen LogP contribution is 2.48. The minimum Gasteiger partial charge on any atom is -0.203 e. The lowest BCUT2D eigenvalue weighted by Gasteiger charge is -2.20. The summed E-state index contributed by atoms with van der Waals surface area (Å²) in [5.41, 5.74) is 0. The molecule has 8 heteroatoms. The van der Waals surface area contributed by atoms with Crippen LogP contribution in [0, 0.1) is 46.5 Å². The van der Waals surface area contributed by atoms with Crippen molar-refractivity contribution in [2.45, 2.75) is 0 Å². The van der Waals surface area contributed by atoms with Crippen LogP contribution in [0.1, 0.15) is 0 Å². The first-order chi connectivity index (χ1) is 12.3. The maximum Gasteiger partial charge on any atom is 0.198 e. The molecule has 0 aromatic heterocycles. The van der Waals surface area contributed by atoms with E-state index in [1.54, 1.807) is 0 Å². The summed E-state index contributed by atoms with van der Waals surface area (Å²) in [6.45, 7) is 0. The zero-order chi connectivity index (χ0) is 18.7. The molecule has 0 saturated carbocycles. The van der Waals surface area contributed by atoms with E-state index < -0.39 is 68.1 Å². The molecular weight excluding hydrogens is 368 g/mol. The van der Waals surface area contributed by atoms with Crippen molar-refractivity contribution < 1.29 is 35.1 Å². The molecule has 0 saturated heterocycles. The number of halogens is 8. The summed E-state index contributed by atoms with van der Waals surface area (Å²) in [5, 5.41) is -2.44. The molecule has 0 aliphatic heterocycles. The molecule has 0 nitrogen and oxygen atoms in total. The minimum atomic E-state index is -2.00. The molecule has 0 heterocycles. The van der Waals surface area contributed by atoms with Gasteiger partial charge in [0.25, 0.3) is 0 Å². The van der Waals surface area contributed by atoms with Crippen molar-refractivity contribution in [2.24, 2.45) is 0 Å². The molecule has 5 aromatic carbocycles. The van der Waals surface area contributed by atoms with Gasteiger partial charge in [-0.15, -0.1) is 0 Å². The molecule has 5 rings (SSSR count). The Kier molecular flexibility index (Phi) is 2.62. The second-order valence-electron chi connectivity index (χ2n) is 5.96. The van der Waals surface area contributed by atoms with Gasteiger partial charge in [-0.05, 0) is 33.7 Å². The van der Waals surface area contributed by atoms with Gasteiger partial charge in [-0.3, -0.25) is 0 Å². The Hall–Kier alpha value is -2.90. The van der Waals surface area contributed by atoms with Gasteiger partial charge in [0.1, 0.15) is 0 Å². The van der Waals surface area contributed by atoms with E-state index in [9.17, 15) is 35.1 Å². The highest BCUT2D eigenvalue weighted by atomic mass is 19.2. The fraction of sp³-hybridized carbons (Fsp3) is 0. The van der Waals surface area contributed by atoms with Crippen LogP contribution in [-0.2, 0) is 0 Å². The molecule has 0 bridgehead atoms. The molecule has 0 spiro atoms. The Morgan fingerprint density at radius 2 is 0.500 bits per heavy atom. The molecule has 0 aliphatic carbocycles. The fourth-order valence-corrected chi connectivity index (χ4v) is 3.58. The average Bonchev–Trinajstić information content (AvgIpc) is 2.59. The Labute approximate surface area is 137 Å². The Morgan fingerprint density at radius 1 is 0.308 bits per heavy atom. The zero-order valence-electron chi connectivity index (χ0n) is 12.2. The fourth-order valence-electron chi connectivity index (χ4n) is 3.58. The summed E-state index contributed by atoms with van der Waals surface area (Å²) in [7, 11) is 0. The van der Waals surface area contributed by atoms with Crippen LogP contribution >= 0.6 is 0 Å². The second-order valence-corrected chi connectivity index (χ2v) is 5.96. The average molecular weight is 370 g/mol. The van der Waals surface area contributed by atoms with Gasteiger partial charge in [-0.2, -0.15) is 0 Å². The SMILES string of the molecule is Fc1c(F)c(F)c2c3cc4c(cc3c2c1F)c1c(F)c(F)c(F)c(F)c41. The van der Waals surface area contributed by atoms with Gasteiger partial charge >= 0.3 is 0 Å². The van der Waals surface area contributed by atoms with Crippen molar-refractivity contribution in [1.29, 1.82) is 0 Å². The first-order valence-corrected chi connectivity index (χ1v) is 7.17. The zero-order valence-corrected chi connectivity index (χ0v) is 12.2. The molecule has 0 atom stereocenters. The van der Waals surface area contributed by atoms with Crippen molar-refractivity contribution in [3.05, 3.63) is 58.7 Å². The highest BCUT2D eigenvalue weighted by molar-refractivity contribution is 6.35. The lowest BCUT2D eigenvalue weighted by atomic mass is 9.85. The van der Waals surface area contributed by atoms with Crippen molar-refractivity contribution in [3.8, 4) is 0 Å². The summed E-state index contributed by atoms with van der Waals surface area (Å²) in [5.74, 6) is -14.5. The first kappa shape index (κ1) is 15.4. The number of rotatable bonds is 0. The summed E-state index contributed by atoms with van der Waals surface area (Å²) < 4.78 is 109. The second kappa shape index (κ2) is 4.44. The van der Waals surface area contributed by atoms with Crippen molar-refractivity contribution in [1.82, 2.24) is 0 Å². The molecule has 0 amide bonds. The van der Waals surface area contributed by atoms with Crippen LogP contribution in [-0.4, -0.2) is 0 Å². The van der Waals surface area contributed by atoms with E-state index in [1.807, 2.05) is 0 Å². The lowest BCUT2D eigenvalue weighted by Crippen LogP contribution is -2.04. The molecule has 130 valence electrons. The Bertz CT molecular complexity index is 1190. The monoisotopic (exact) mass is 370 g/mol. The van der Waals surface area contributed by atoms with E-state index in [0.29, 0.717) is 0 Å². The standard InChI is InChI=1S/C18H2F8/c19-11-7-3-1-4-6(2-5(3)9(7)13(21)17(25)15(11)23)10-8(4)12(20)16(24)18(26)14(10)22/h1-2H. The molecule has 5 aromatic rings. The van der Waals surface area contributed by atoms with Gasteiger partial charge in [0.2, 0.25) is 0 Å². The van der Waals surface area contributed by atoms with Crippen molar-refractivity contribution in [2.75, 3.05) is 0 Å². The third-order valence-electron chi connectivity index (χ3n) is 4.77. The van der Waals surface area contributed by atoms with Gasteiger partial charge in [0, 0.05) is 21.5 Å². The van der Waals surface area contributed by atoms with Gasteiger partial charge in [0.15, 0.2) is 46.5 Å². The maximum atomic E-state index is 13.9. The van der Waals surface area contributed by atoms with Crippen LogP contribution < -0.4 is 0 Å². The predicted octanol–water partition coefficient (Wildman–Crippen LogP) is 6.29. The summed E-state index contributed by atoms with van der Waals surface area (Å²) in [6.07, 6.45) is 0. The Balaban J connectivity index is 2.00. The van der Waals surface area contributed by atoms with E-state index in [0.717, 1.165) is 12.1 Å². The molecule has 0 aliphatic rings. The number of hydrogen-bond acceptors (Lipinski definition) is 0. The van der Waals surface area contributed by atoms with Crippen LogP contribution in [0.5, 0.6) is 0 Å². The van der Waals surface area contributed by atoms with E-state index in [-0.39, 0.29) is 21.5 Å². The largest absolute Gasteiger partial charge is 0.203 e. The van der Waals surface area contributed by atoms with E-state index >= 15 is 0 Å².